The Morgan fingerprint density at radius 2 is 1.95 bits per heavy atom. The molecular formula is C13H17ClF2N2O. The molecule has 3 nitrogen and oxygen atoms in total. The molecule has 0 aliphatic carbocycles. The average Bonchev–Trinajstić information content (AvgIpc) is 2.36. The summed E-state index contributed by atoms with van der Waals surface area (Å²) in [6.45, 7) is 1.67. The summed E-state index contributed by atoms with van der Waals surface area (Å²) in [6.07, 6.45) is 0. The van der Waals surface area contributed by atoms with Crippen LogP contribution in [0.5, 0.6) is 0 Å². The Balaban J connectivity index is 2.84. The van der Waals surface area contributed by atoms with Gasteiger partial charge < -0.3 is 11.1 Å². The fraction of sp³-hybridized carbons (Fsp3) is 0.462. The third kappa shape index (κ3) is 3.88. The first kappa shape index (κ1) is 15.9. The van der Waals surface area contributed by atoms with Gasteiger partial charge >= 0.3 is 0 Å². The summed E-state index contributed by atoms with van der Waals surface area (Å²) in [5, 5.41) is 2.64. The second kappa shape index (κ2) is 5.84. The average molecular weight is 291 g/mol. The van der Waals surface area contributed by atoms with E-state index >= 15 is 0 Å². The standard InChI is InChI=1S/C13H17ClF2N2O/c1-12(2,9-5-3-4-6-10(9)14)11(19)18-8-13(15,16)7-17/h3-6H,7-8,17H2,1-2H3,(H,18,19). The maximum absolute atomic E-state index is 13.0. The van der Waals surface area contributed by atoms with Gasteiger partial charge in [0.15, 0.2) is 0 Å². The smallest absolute Gasteiger partial charge is 0.277 e. The second-order valence-corrected chi connectivity index (χ2v) is 5.25. The number of rotatable bonds is 5. The molecule has 0 heterocycles. The van der Waals surface area contributed by atoms with Gasteiger partial charge in [0.05, 0.1) is 18.5 Å². The lowest BCUT2D eigenvalue weighted by molar-refractivity contribution is -0.127. The highest BCUT2D eigenvalue weighted by atomic mass is 35.5. The molecule has 0 aromatic heterocycles. The van der Waals surface area contributed by atoms with Crippen LogP contribution in [-0.2, 0) is 10.2 Å². The maximum Gasteiger partial charge on any atom is 0.277 e. The zero-order valence-electron chi connectivity index (χ0n) is 10.8. The van der Waals surface area contributed by atoms with Gasteiger partial charge in [0.25, 0.3) is 5.92 Å². The molecule has 6 heteroatoms. The van der Waals surface area contributed by atoms with Crippen LogP contribution in [0.15, 0.2) is 24.3 Å². The minimum atomic E-state index is -3.10. The molecule has 1 aromatic rings. The van der Waals surface area contributed by atoms with Crippen LogP contribution in [0, 0.1) is 0 Å². The lowest BCUT2D eigenvalue weighted by Crippen LogP contribution is -2.47. The zero-order chi connectivity index (χ0) is 14.7. The molecule has 1 aromatic carbocycles. The first-order valence-electron chi connectivity index (χ1n) is 5.82. The summed E-state index contributed by atoms with van der Waals surface area (Å²) >= 11 is 6.02. The summed E-state index contributed by atoms with van der Waals surface area (Å²) < 4.78 is 26.0. The minimum Gasteiger partial charge on any atom is -0.349 e. The van der Waals surface area contributed by atoms with Gasteiger partial charge in [0, 0.05) is 5.02 Å². The van der Waals surface area contributed by atoms with E-state index < -0.39 is 30.3 Å². The Morgan fingerprint density at radius 1 is 1.37 bits per heavy atom. The van der Waals surface area contributed by atoms with Gasteiger partial charge in [0.1, 0.15) is 0 Å². The van der Waals surface area contributed by atoms with Crippen molar-refractivity contribution in [2.75, 3.05) is 13.1 Å². The Kier molecular flexibility index (Phi) is 4.87. The number of amides is 1. The van der Waals surface area contributed by atoms with E-state index in [1.165, 1.54) is 0 Å². The van der Waals surface area contributed by atoms with E-state index in [1.54, 1.807) is 38.1 Å². The number of benzene rings is 1. The topological polar surface area (TPSA) is 55.1 Å². The number of hydrogen-bond acceptors (Lipinski definition) is 2. The molecule has 1 amide bonds. The van der Waals surface area contributed by atoms with Crippen molar-refractivity contribution in [3.63, 3.8) is 0 Å². The highest BCUT2D eigenvalue weighted by Crippen LogP contribution is 2.30. The number of hydrogen-bond donors (Lipinski definition) is 2. The number of carbonyl (C=O) groups excluding carboxylic acids is 1. The quantitative estimate of drug-likeness (QED) is 0.874. The van der Waals surface area contributed by atoms with Crippen LogP contribution in [0.25, 0.3) is 0 Å². The number of nitrogens with one attached hydrogen (secondary N) is 1. The van der Waals surface area contributed by atoms with E-state index in [2.05, 4.69) is 5.32 Å². The maximum atomic E-state index is 13.0. The van der Waals surface area contributed by atoms with Crippen molar-refractivity contribution in [1.82, 2.24) is 5.32 Å². The Hall–Kier alpha value is -1.20. The Bertz CT molecular complexity index is 464. The SMILES string of the molecule is CC(C)(C(=O)NCC(F)(F)CN)c1ccccc1Cl. The zero-order valence-corrected chi connectivity index (χ0v) is 11.6. The molecule has 0 aliphatic rings. The van der Waals surface area contributed by atoms with Crippen LogP contribution < -0.4 is 11.1 Å². The third-order valence-corrected chi connectivity index (χ3v) is 3.25. The van der Waals surface area contributed by atoms with Crippen LogP contribution >= 0.6 is 11.6 Å². The van der Waals surface area contributed by atoms with Crippen molar-refractivity contribution < 1.29 is 13.6 Å². The van der Waals surface area contributed by atoms with Gasteiger partial charge in [0.2, 0.25) is 5.91 Å². The Morgan fingerprint density at radius 3 is 2.47 bits per heavy atom. The Labute approximate surface area is 116 Å². The first-order valence-corrected chi connectivity index (χ1v) is 6.20. The monoisotopic (exact) mass is 290 g/mol. The number of alkyl halides is 2. The summed E-state index contributed by atoms with van der Waals surface area (Å²) in [6, 6.07) is 6.83. The fourth-order valence-electron chi connectivity index (χ4n) is 1.59. The lowest BCUT2D eigenvalue weighted by Gasteiger charge is -2.26. The first-order chi connectivity index (χ1) is 8.70. The van der Waals surface area contributed by atoms with Gasteiger partial charge in [-0.25, -0.2) is 8.78 Å². The molecule has 0 unspecified atom stereocenters. The molecule has 106 valence electrons. The lowest BCUT2D eigenvalue weighted by atomic mass is 9.83. The highest BCUT2D eigenvalue weighted by Gasteiger charge is 2.34. The summed E-state index contributed by atoms with van der Waals surface area (Å²) in [5.41, 5.74) is 4.51. The highest BCUT2D eigenvalue weighted by molar-refractivity contribution is 6.31. The van der Waals surface area contributed by atoms with Crippen molar-refractivity contribution in [2.24, 2.45) is 5.73 Å². The molecule has 0 saturated carbocycles. The van der Waals surface area contributed by atoms with Crippen LogP contribution in [0.1, 0.15) is 19.4 Å². The van der Waals surface area contributed by atoms with E-state index in [0.717, 1.165) is 0 Å². The van der Waals surface area contributed by atoms with Crippen LogP contribution in [0.3, 0.4) is 0 Å². The van der Waals surface area contributed by atoms with E-state index in [-0.39, 0.29) is 0 Å². The van der Waals surface area contributed by atoms with Gasteiger partial charge in [-0.1, -0.05) is 29.8 Å². The molecule has 0 saturated heterocycles. The molecule has 19 heavy (non-hydrogen) atoms. The van der Waals surface area contributed by atoms with Crippen LogP contribution in [0.4, 0.5) is 8.78 Å². The van der Waals surface area contributed by atoms with Crippen molar-refractivity contribution in [3.05, 3.63) is 34.9 Å². The normalized spacial score (nSPS) is 12.3. The van der Waals surface area contributed by atoms with E-state index in [4.69, 9.17) is 17.3 Å². The molecule has 0 spiro atoms. The molecule has 0 fully saturated rings. The van der Waals surface area contributed by atoms with E-state index in [1.807, 2.05) is 0 Å². The van der Waals surface area contributed by atoms with E-state index in [0.29, 0.717) is 10.6 Å². The third-order valence-electron chi connectivity index (χ3n) is 2.92. The molecule has 0 radical (unpaired) electrons. The minimum absolute atomic E-state index is 0.424. The summed E-state index contributed by atoms with van der Waals surface area (Å²) in [7, 11) is 0. The van der Waals surface area contributed by atoms with Crippen molar-refractivity contribution >= 4 is 17.5 Å². The largest absolute Gasteiger partial charge is 0.349 e. The second-order valence-electron chi connectivity index (χ2n) is 4.85. The molecule has 0 bridgehead atoms. The van der Waals surface area contributed by atoms with Crippen molar-refractivity contribution in [2.45, 2.75) is 25.2 Å². The van der Waals surface area contributed by atoms with Crippen LogP contribution in [-0.4, -0.2) is 24.9 Å². The predicted octanol–water partition coefficient (Wildman–Crippen LogP) is 2.33. The molecule has 3 N–H and O–H groups in total. The summed E-state index contributed by atoms with van der Waals surface area (Å²) in [5.74, 6) is -3.62. The predicted molar refractivity (Wildman–Crippen MR) is 71.5 cm³/mol. The molecule has 0 atom stereocenters. The van der Waals surface area contributed by atoms with Gasteiger partial charge in [-0.15, -0.1) is 0 Å². The van der Waals surface area contributed by atoms with E-state index in [9.17, 15) is 13.6 Å². The summed E-state index contributed by atoms with van der Waals surface area (Å²) in [4.78, 5) is 12.0. The number of carbonyl (C=O) groups is 1. The van der Waals surface area contributed by atoms with Gasteiger partial charge in [-0.2, -0.15) is 0 Å². The van der Waals surface area contributed by atoms with Crippen molar-refractivity contribution in [1.29, 1.82) is 0 Å². The van der Waals surface area contributed by atoms with Crippen LogP contribution in [0.2, 0.25) is 5.02 Å². The van der Waals surface area contributed by atoms with Gasteiger partial charge in [-0.05, 0) is 25.5 Å². The van der Waals surface area contributed by atoms with Crippen molar-refractivity contribution in [3.8, 4) is 0 Å². The molecular weight excluding hydrogens is 274 g/mol. The van der Waals surface area contributed by atoms with Gasteiger partial charge in [-0.3, -0.25) is 4.79 Å². The fourth-order valence-corrected chi connectivity index (χ4v) is 1.97. The molecule has 0 aliphatic heterocycles. The number of halogens is 3. The number of nitrogens with two attached hydrogens (primary N) is 1. The molecule has 1 rings (SSSR count).